The van der Waals surface area contributed by atoms with Crippen LogP contribution in [0.5, 0.6) is 23.0 Å². The molecule has 1 aliphatic rings. The first kappa shape index (κ1) is 24.5. The van der Waals surface area contributed by atoms with E-state index in [0.717, 1.165) is 23.3 Å². The van der Waals surface area contributed by atoms with Crippen molar-refractivity contribution in [2.24, 2.45) is 0 Å². The van der Waals surface area contributed by atoms with Crippen LogP contribution in [0.4, 0.5) is 0 Å². The lowest BCUT2D eigenvalue weighted by Gasteiger charge is -2.38. The predicted molar refractivity (Wildman–Crippen MR) is 136 cm³/mol. The topological polar surface area (TPSA) is 57.2 Å². The zero-order valence-corrected chi connectivity index (χ0v) is 20.8. The van der Waals surface area contributed by atoms with E-state index in [2.05, 4.69) is 19.1 Å². The van der Waals surface area contributed by atoms with Gasteiger partial charge in [-0.1, -0.05) is 37.3 Å². The molecule has 2 atom stereocenters. The smallest absolute Gasteiger partial charge is 0.263 e. The number of fused-ring (bicyclic) bond motifs is 1. The third-order valence-corrected chi connectivity index (χ3v) is 6.43. The molecule has 0 bridgehead atoms. The number of methoxy groups -OCH3 is 2. The molecule has 0 saturated carbocycles. The van der Waals surface area contributed by atoms with Crippen LogP contribution in [0.3, 0.4) is 0 Å². The van der Waals surface area contributed by atoms with E-state index in [4.69, 9.17) is 18.9 Å². The number of nitrogens with zero attached hydrogens (tertiary/aromatic N) is 1. The number of hydrogen-bond acceptors (Lipinski definition) is 5. The van der Waals surface area contributed by atoms with Crippen molar-refractivity contribution in [2.75, 3.05) is 27.4 Å². The van der Waals surface area contributed by atoms with E-state index in [1.807, 2.05) is 59.5 Å². The Morgan fingerprint density at radius 1 is 0.971 bits per heavy atom. The molecule has 0 aromatic heterocycles. The van der Waals surface area contributed by atoms with Gasteiger partial charge in [-0.25, -0.2) is 0 Å². The minimum absolute atomic E-state index is 0.0794. The van der Waals surface area contributed by atoms with Gasteiger partial charge in [-0.2, -0.15) is 0 Å². The van der Waals surface area contributed by atoms with Gasteiger partial charge in [-0.15, -0.1) is 0 Å². The normalized spacial score (nSPS) is 15.7. The van der Waals surface area contributed by atoms with Gasteiger partial charge in [-0.3, -0.25) is 4.79 Å². The molecule has 0 spiro atoms. The van der Waals surface area contributed by atoms with Gasteiger partial charge in [0, 0.05) is 6.54 Å². The highest BCUT2D eigenvalue weighted by molar-refractivity contribution is 5.82. The molecule has 1 aliphatic heterocycles. The second kappa shape index (κ2) is 11.2. The van der Waals surface area contributed by atoms with Crippen LogP contribution in [0.1, 0.15) is 36.6 Å². The number of carbonyl (C=O) groups excluding carboxylic acids is 1. The molecule has 0 unspecified atom stereocenters. The molecule has 0 fully saturated rings. The third-order valence-electron chi connectivity index (χ3n) is 6.43. The molecular formula is C29H33NO5. The Morgan fingerprint density at radius 2 is 1.66 bits per heavy atom. The Morgan fingerprint density at radius 3 is 2.31 bits per heavy atom. The van der Waals surface area contributed by atoms with Crippen molar-refractivity contribution in [1.82, 2.24) is 4.90 Å². The third kappa shape index (κ3) is 5.53. The Balaban J connectivity index is 1.62. The number of carbonyl (C=O) groups is 1. The van der Waals surface area contributed by atoms with Crippen LogP contribution in [0.15, 0.2) is 66.7 Å². The minimum Gasteiger partial charge on any atom is -0.493 e. The van der Waals surface area contributed by atoms with Crippen molar-refractivity contribution < 1.29 is 23.7 Å². The molecule has 6 heteroatoms. The SMILES string of the molecule is CCc1ccc(OC[C@@H]2c3cc(OC)c(OC)cc3CCN2C(=O)[C@H](C)Oc2ccccc2)cc1. The Hall–Kier alpha value is -3.67. The summed E-state index contributed by atoms with van der Waals surface area (Å²) in [6, 6.07) is 21.2. The highest BCUT2D eigenvalue weighted by Crippen LogP contribution is 2.39. The first-order valence-electron chi connectivity index (χ1n) is 12.0. The summed E-state index contributed by atoms with van der Waals surface area (Å²) in [5, 5.41) is 0. The van der Waals surface area contributed by atoms with Gasteiger partial charge in [-0.05, 0) is 72.9 Å². The van der Waals surface area contributed by atoms with Crippen LogP contribution in [0, 0.1) is 0 Å². The summed E-state index contributed by atoms with van der Waals surface area (Å²) < 4.78 is 23.2. The molecule has 0 radical (unpaired) electrons. The van der Waals surface area contributed by atoms with E-state index in [0.29, 0.717) is 36.8 Å². The largest absolute Gasteiger partial charge is 0.493 e. The minimum atomic E-state index is -0.634. The maximum absolute atomic E-state index is 13.6. The first-order chi connectivity index (χ1) is 17.0. The lowest BCUT2D eigenvalue weighted by Crippen LogP contribution is -2.47. The van der Waals surface area contributed by atoms with E-state index in [9.17, 15) is 4.79 Å². The van der Waals surface area contributed by atoms with E-state index in [1.54, 1.807) is 21.1 Å². The molecule has 1 heterocycles. The molecule has 4 rings (SSSR count). The summed E-state index contributed by atoms with van der Waals surface area (Å²) in [6.07, 6.45) is 1.05. The molecular weight excluding hydrogens is 442 g/mol. The van der Waals surface area contributed by atoms with Crippen LogP contribution >= 0.6 is 0 Å². The molecule has 1 amide bonds. The monoisotopic (exact) mass is 475 g/mol. The van der Waals surface area contributed by atoms with E-state index >= 15 is 0 Å². The number of amides is 1. The van der Waals surface area contributed by atoms with Crippen LogP contribution in [0.25, 0.3) is 0 Å². The van der Waals surface area contributed by atoms with Crippen molar-refractivity contribution in [3.05, 3.63) is 83.4 Å². The predicted octanol–water partition coefficient (Wildman–Crippen LogP) is 5.24. The lowest BCUT2D eigenvalue weighted by atomic mass is 9.91. The quantitative estimate of drug-likeness (QED) is 0.424. The van der Waals surface area contributed by atoms with E-state index in [-0.39, 0.29) is 11.9 Å². The van der Waals surface area contributed by atoms with Crippen molar-refractivity contribution in [2.45, 2.75) is 38.8 Å². The summed E-state index contributed by atoms with van der Waals surface area (Å²) in [4.78, 5) is 15.4. The zero-order chi connectivity index (χ0) is 24.8. The number of rotatable bonds is 9. The second-order valence-corrected chi connectivity index (χ2v) is 8.59. The van der Waals surface area contributed by atoms with Gasteiger partial charge in [0.05, 0.1) is 20.3 Å². The van der Waals surface area contributed by atoms with Gasteiger partial charge >= 0.3 is 0 Å². The molecule has 3 aromatic carbocycles. The maximum atomic E-state index is 13.6. The number of hydrogen-bond donors (Lipinski definition) is 0. The Bertz CT molecular complexity index is 1130. The summed E-state index contributed by atoms with van der Waals surface area (Å²) in [5.74, 6) is 2.68. The van der Waals surface area contributed by atoms with Gasteiger partial charge < -0.3 is 23.8 Å². The Kier molecular flexibility index (Phi) is 7.80. The fourth-order valence-corrected chi connectivity index (χ4v) is 4.46. The number of benzene rings is 3. The van der Waals surface area contributed by atoms with Crippen LogP contribution in [-0.2, 0) is 17.6 Å². The molecule has 35 heavy (non-hydrogen) atoms. The fourth-order valence-electron chi connectivity index (χ4n) is 4.46. The molecule has 6 nitrogen and oxygen atoms in total. The number of para-hydroxylation sites is 1. The highest BCUT2D eigenvalue weighted by atomic mass is 16.5. The van der Waals surface area contributed by atoms with Gasteiger partial charge in [0.1, 0.15) is 18.1 Å². The summed E-state index contributed by atoms with van der Waals surface area (Å²) in [7, 11) is 3.25. The number of aryl methyl sites for hydroxylation is 1. The lowest BCUT2D eigenvalue weighted by molar-refractivity contribution is -0.141. The maximum Gasteiger partial charge on any atom is 0.263 e. The Labute approximate surface area is 207 Å². The van der Waals surface area contributed by atoms with Gasteiger partial charge in [0.15, 0.2) is 17.6 Å². The molecule has 0 saturated heterocycles. The molecule has 0 aliphatic carbocycles. The summed E-state index contributed by atoms with van der Waals surface area (Å²) in [5.41, 5.74) is 3.37. The van der Waals surface area contributed by atoms with Crippen molar-refractivity contribution >= 4 is 5.91 Å². The fraction of sp³-hybridized carbons (Fsp3) is 0.345. The van der Waals surface area contributed by atoms with Crippen LogP contribution in [0.2, 0.25) is 0 Å². The van der Waals surface area contributed by atoms with Crippen LogP contribution < -0.4 is 18.9 Å². The highest BCUT2D eigenvalue weighted by Gasteiger charge is 2.35. The summed E-state index contributed by atoms with van der Waals surface area (Å²) >= 11 is 0. The number of ether oxygens (including phenoxy) is 4. The average molecular weight is 476 g/mol. The molecule has 3 aromatic rings. The van der Waals surface area contributed by atoms with Crippen molar-refractivity contribution in [3.63, 3.8) is 0 Å². The van der Waals surface area contributed by atoms with E-state index in [1.165, 1.54) is 5.56 Å². The standard InChI is InChI=1S/C29H33NO5/c1-5-21-11-13-23(14-12-21)34-19-26-25-18-28(33-4)27(32-3)17-22(25)15-16-30(26)29(31)20(2)35-24-9-7-6-8-10-24/h6-14,17-18,20,26H,5,15-16,19H2,1-4H3/t20-,26+/m0/s1. The van der Waals surface area contributed by atoms with Crippen LogP contribution in [-0.4, -0.2) is 44.3 Å². The van der Waals surface area contributed by atoms with Gasteiger partial charge in [0.25, 0.3) is 5.91 Å². The average Bonchev–Trinajstić information content (AvgIpc) is 2.91. The second-order valence-electron chi connectivity index (χ2n) is 8.59. The zero-order valence-electron chi connectivity index (χ0n) is 20.8. The van der Waals surface area contributed by atoms with Gasteiger partial charge in [0.2, 0.25) is 0 Å². The first-order valence-corrected chi connectivity index (χ1v) is 12.0. The van der Waals surface area contributed by atoms with Crippen molar-refractivity contribution in [1.29, 1.82) is 0 Å². The summed E-state index contributed by atoms with van der Waals surface area (Å²) in [6.45, 7) is 4.80. The van der Waals surface area contributed by atoms with E-state index < -0.39 is 6.10 Å². The van der Waals surface area contributed by atoms with Crippen molar-refractivity contribution in [3.8, 4) is 23.0 Å². The molecule has 184 valence electrons. The molecule has 0 N–H and O–H groups in total.